The first-order valence-electron chi connectivity index (χ1n) is 3.69. The Morgan fingerprint density at radius 1 is 1.33 bits per heavy atom. The molecule has 2 aromatic rings. The van der Waals surface area contributed by atoms with Gasteiger partial charge in [0, 0.05) is 5.69 Å². The summed E-state index contributed by atoms with van der Waals surface area (Å²) < 4.78 is 5.18. The number of hydrogen-bond acceptors (Lipinski definition) is 3. The van der Waals surface area contributed by atoms with Gasteiger partial charge in [0.1, 0.15) is 12.0 Å². The molecule has 2 rings (SSSR count). The Balaban J connectivity index is 2.48. The van der Waals surface area contributed by atoms with E-state index in [2.05, 4.69) is 9.97 Å². The van der Waals surface area contributed by atoms with Crippen molar-refractivity contribution in [2.75, 3.05) is 0 Å². The second-order valence-corrected chi connectivity index (χ2v) is 2.52. The third kappa shape index (κ3) is 1.21. The summed E-state index contributed by atoms with van der Waals surface area (Å²) in [6.07, 6.45) is 3.17. The molecule has 0 bridgehead atoms. The summed E-state index contributed by atoms with van der Waals surface area (Å²) in [6.45, 7) is 1.92. The molecule has 60 valence electrons. The van der Waals surface area contributed by atoms with Crippen LogP contribution >= 0.6 is 0 Å². The summed E-state index contributed by atoms with van der Waals surface area (Å²) in [5.41, 5.74) is 1.77. The number of aromatic nitrogens is 2. The minimum absolute atomic E-state index is 0.778. The van der Waals surface area contributed by atoms with Crippen molar-refractivity contribution in [1.29, 1.82) is 0 Å². The molecule has 0 aromatic carbocycles. The Labute approximate surface area is 70.1 Å². The fraction of sp³-hybridized carbons (Fsp3) is 0.111. The van der Waals surface area contributed by atoms with Gasteiger partial charge in [-0.15, -0.1) is 0 Å². The smallest absolute Gasteiger partial charge is 0.152 e. The third-order valence-electron chi connectivity index (χ3n) is 1.58. The minimum atomic E-state index is 0.778. The van der Waals surface area contributed by atoms with E-state index in [1.165, 1.54) is 6.33 Å². The number of aryl methyl sites for hydroxylation is 1. The predicted molar refractivity (Wildman–Crippen MR) is 44.5 cm³/mol. The van der Waals surface area contributed by atoms with E-state index < -0.39 is 0 Å². The van der Waals surface area contributed by atoms with Gasteiger partial charge in [0.05, 0.1) is 6.26 Å². The van der Waals surface area contributed by atoms with Crippen LogP contribution in [0, 0.1) is 6.92 Å². The van der Waals surface area contributed by atoms with Gasteiger partial charge < -0.3 is 4.42 Å². The number of nitrogens with zero attached hydrogens (tertiary/aromatic N) is 2. The van der Waals surface area contributed by atoms with E-state index in [1.54, 1.807) is 6.26 Å². The number of furan rings is 1. The van der Waals surface area contributed by atoms with Gasteiger partial charge in [0.25, 0.3) is 0 Å². The predicted octanol–water partition coefficient (Wildman–Crippen LogP) is 2.05. The quantitative estimate of drug-likeness (QED) is 0.640. The molecule has 0 radical (unpaired) electrons. The van der Waals surface area contributed by atoms with E-state index in [0.717, 1.165) is 17.1 Å². The van der Waals surface area contributed by atoms with Crippen molar-refractivity contribution >= 4 is 0 Å². The summed E-state index contributed by atoms with van der Waals surface area (Å²) >= 11 is 0. The van der Waals surface area contributed by atoms with E-state index in [-0.39, 0.29) is 0 Å². The highest BCUT2D eigenvalue weighted by molar-refractivity contribution is 5.51. The van der Waals surface area contributed by atoms with Gasteiger partial charge in [-0.05, 0) is 25.1 Å². The van der Waals surface area contributed by atoms with Crippen LogP contribution in [0.15, 0.2) is 35.2 Å². The average Bonchev–Trinajstić information content (AvgIpc) is 2.56. The highest BCUT2D eigenvalue weighted by atomic mass is 16.3. The normalized spacial score (nSPS) is 10.1. The molecule has 0 aliphatic rings. The van der Waals surface area contributed by atoms with Crippen molar-refractivity contribution in [3.63, 3.8) is 0 Å². The fourth-order valence-corrected chi connectivity index (χ4v) is 1.01. The lowest BCUT2D eigenvalue weighted by Crippen LogP contribution is -1.85. The van der Waals surface area contributed by atoms with Gasteiger partial charge >= 0.3 is 0 Å². The lowest BCUT2D eigenvalue weighted by atomic mass is 10.3. The zero-order chi connectivity index (χ0) is 8.39. The molecule has 0 saturated heterocycles. The fourth-order valence-electron chi connectivity index (χ4n) is 1.01. The standard InChI is InChI=1S/C9H8N2O/c1-7-5-8(11-6-10-7)9-3-2-4-12-9/h2-6H,1H3. The molecule has 2 aromatic heterocycles. The molecule has 0 spiro atoms. The average molecular weight is 160 g/mol. The van der Waals surface area contributed by atoms with Crippen LogP contribution in [0.1, 0.15) is 5.69 Å². The maximum Gasteiger partial charge on any atom is 0.152 e. The van der Waals surface area contributed by atoms with Crippen molar-refractivity contribution in [2.45, 2.75) is 6.92 Å². The number of rotatable bonds is 1. The lowest BCUT2D eigenvalue weighted by Gasteiger charge is -1.95. The monoisotopic (exact) mass is 160 g/mol. The summed E-state index contributed by atoms with van der Waals surface area (Å²) in [7, 11) is 0. The molecule has 0 aliphatic heterocycles. The maximum atomic E-state index is 5.18. The highest BCUT2D eigenvalue weighted by Crippen LogP contribution is 2.16. The Morgan fingerprint density at radius 3 is 2.92 bits per heavy atom. The SMILES string of the molecule is Cc1cc(-c2ccco2)ncn1. The van der Waals surface area contributed by atoms with Gasteiger partial charge in [0.15, 0.2) is 5.76 Å². The summed E-state index contributed by atoms with van der Waals surface area (Å²) in [5.74, 6) is 0.778. The van der Waals surface area contributed by atoms with Gasteiger partial charge in [-0.25, -0.2) is 9.97 Å². The molecule has 0 fully saturated rings. The highest BCUT2D eigenvalue weighted by Gasteiger charge is 2.00. The molecule has 0 saturated carbocycles. The Morgan fingerprint density at radius 2 is 2.25 bits per heavy atom. The van der Waals surface area contributed by atoms with Gasteiger partial charge in [-0.3, -0.25) is 0 Å². The van der Waals surface area contributed by atoms with Crippen molar-refractivity contribution in [3.8, 4) is 11.5 Å². The summed E-state index contributed by atoms with van der Waals surface area (Å²) in [6, 6.07) is 5.60. The second-order valence-electron chi connectivity index (χ2n) is 2.52. The van der Waals surface area contributed by atoms with E-state index in [4.69, 9.17) is 4.42 Å². The Kier molecular flexibility index (Phi) is 1.63. The molecule has 0 unspecified atom stereocenters. The van der Waals surface area contributed by atoms with Crippen LogP contribution in [0.25, 0.3) is 11.5 Å². The summed E-state index contributed by atoms with van der Waals surface area (Å²) in [5, 5.41) is 0. The Hall–Kier alpha value is -1.64. The van der Waals surface area contributed by atoms with E-state index >= 15 is 0 Å². The van der Waals surface area contributed by atoms with Gasteiger partial charge in [-0.1, -0.05) is 0 Å². The van der Waals surface area contributed by atoms with Gasteiger partial charge in [0.2, 0.25) is 0 Å². The maximum absolute atomic E-state index is 5.18. The van der Waals surface area contributed by atoms with Crippen LogP contribution in [-0.4, -0.2) is 9.97 Å². The molecular weight excluding hydrogens is 152 g/mol. The minimum Gasteiger partial charge on any atom is -0.463 e. The van der Waals surface area contributed by atoms with Crippen LogP contribution in [0.4, 0.5) is 0 Å². The topological polar surface area (TPSA) is 38.9 Å². The molecule has 3 heteroatoms. The first kappa shape index (κ1) is 7.03. The molecule has 3 nitrogen and oxygen atoms in total. The van der Waals surface area contributed by atoms with Crippen LogP contribution in [0.3, 0.4) is 0 Å². The first-order chi connectivity index (χ1) is 5.86. The molecular formula is C9H8N2O. The van der Waals surface area contributed by atoms with Crippen molar-refractivity contribution in [2.24, 2.45) is 0 Å². The lowest BCUT2D eigenvalue weighted by molar-refractivity contribution is 0.579. The van der Waals surface area contributed by atoms with Crippen LogP contribution in [0.2, 0.25) is 0 Å². The third-order valence-corrected chi connectivity index (χ3v) is 1.58. The molecule has 0 N–H and O–H groups in total. The largest absolute Gasteiger partial charge is 0.463 e. The molecule has 0 atom stereocenters. The Bertz CT molecular complexity index is 368. The van der Waals surface area contributed by atoms with E-state index in [0.29, 0.717) is 0 Å². The molecule has 12 heavy (non-hydrogen) atoms. The first-order valence-corrected chi connectivity index (χ1v) is 3.69. The summed E-state index contributed by atoms with van der Waals surface area (Å²) in [4.78, 5) is 8.07. The van der Waals surface area contributed by atoms with Crippen molar-refractivity contribution in [3.05, 3.63) is 36.5 Å². The zero-order valence-corrected chi connectivity index (χ0v) is 6.69. The van der Waals surface area contributed by atoms with Gasteiger partial charge in [-0.2, -0.15) is 0 Å². The van der Waals surface area contributed by atoms with Crippen LogP contribution in [0.5, 0.6) is 0 Å². The van der Waals surface area contributed by atoms with Crippen molar-refractivity contribution < 1.29 is 4.42 Å². The molecule has 2 heterocycles. The molecule has 0 aliphatic carbocycles. The number of hydrogen-bond donors (Lipinski definition) is 0. The second kappa shape index (κ2) is 2.77. The van der Waals surface area contributed by atoms with Crippen LogP contribution in [-0.2, 0) is 0 Å². The van der Waals surface area contributed by atoms with Crippen LogP contribution < -0.4 is 0 Å². The molecule has 0 amide bonds. The van der Waals surface area contributed by atoms with Crippen molar-refractivity contribution in [1.82, 2.24) is 9.97 Å². The van der Waals surface area contributed by atoms with E-state index in [9.17, 15) is 0 Å². The van der Waals surface area contributed by atoms with E-state index in [1.807, 2.05) is 25.1 Å². The zero-order valence-electron chi connectivity index (χ0n) is 6.69.